The van der Waals surface area contributed by atoms with Gasteiger partial charge in [-0.3, -0.25) is 0 Å². The van der Waals surface area contributed by atoms with Crippen molar-refractivity contribution in [2.24, 2.45) is 0 Å². The Labute approximate surface area is 225 Å². The van der Waals surface area contributed by atoms with Crippen molar-refractivity contribution < 1.29 is 0 Å². The van der Waals surface area contributed by atoms with Gasteiger partial charge in [-0.25, -0.2) is 0 Å². The summed E-state index contributed by atoms with van der Waals surface area (Å²) in [5, 5.41) is 5.68. The van der Waals surface area contributed by atoms with Gasteiger partial charge < -0.3 is 4.57 Å². The minimum absolute atomic E-state index is 1.13. The second-order valence-electron chi connectivity index (χ2n) is 9.09. The van der Waals surface area contributed by atoms with Gasteiger partial charge in [-0.1, -0.05) is 96.6 Å². The van der Waals surface area contributed by atoms with Crippen molar-refractivity contribution in [3.8, 4) is 16.1 Å². The third-order valence-corrected chi connectivity index (χ3v) is 8.55. The number of fused-ring (bicyclic) bond motifs is 6. The fourth-order valence-corrected chi connectivity index (χ4v) is 6.77. The third kappa shape index (κ3) is 4.76. The zero-order valence-corrected chi connectivity index (χ0v) is 22.3. The molecule has 0 unspecified atom stereocenters. The molecule has 1 nitrogen and oxygen atoms in total. The van der Waals surface area contributed by atoms with Crippen LogP contribution in [-0.4, -0.2) is 4.57 Å². The van der Waals surface area contributed by atoms with Crippen molar-refractivity contribution in [3.63, 3.8) is 0 Å². The maximum absolute atomic E-state index is 2.33. The van der Waals surface area contributed by atoms with Gasteiger partial charge in [0.25, 0.3) is 0 Å². The molecule has 0 amide bonds. The molecule has 0 bridgehead atoms. The summed E-state index contributed by atoms with van der Waals surface area (Å²) < 4.78 is 3.70. The summed E-state index contributed by atoms with van der Waals surface area (Å²) in [6, 6.07) is 42.5. The molecule has 180 valence electrons. The third-order valence-electron chi connectivity index (χ3n) is 6.62. The van der Waals surface area contributed by atoms with Gasteiger partial charge in [-0.05, 0) is 71.1 Å². The van der Waals surface area contributed by atoms with E-state index in [9.17, 15) is 0 Å². The minimum Gasteiger partial charge on any atom is -0.308 e. The largest absolute Gasteiger partial charge is 0.308 e. The van der Waals surface area contributed by atoms with E-state index in [0.29, 0.717) is 0 Å². The number of thiophene rings is 2. The molecule has 0 radical (unpaired) electrons. The number of hydrogen-bond acceptors (Lipinski definition) is 2. The van der Waals surface area contributed by atoms with E-state index in [2.05, 4.69) is 125 Å². The predicted octanol–water partition coefficient (Wildman–Crippen LogP) is 10.2. The second kappa shape index (κ2) is 10.6. The molecule has 0 saturated heterocycles. The van der Waals surface area contributed by atoms with Gasteiger partial charge in [-0.2, -0.15) is 0 Å². The van der Waals surface area contributed by atoms with E-state index < -0.39 is 0 Å². The van der Waals surface area contributed by atoms with Gasteiger partial charge in [0.05, 0.1) is 15.7 Å². The SMILES string of the molecule is Cc1ccccc1.c1ccc(-n2c3ccccc3c3sccc32)cc1.c1ccc2c(c1)Cc1ccsc1-2. The number of hydrogen-bond donors (Lipinski definition) is 0. The summed E-state index contributed by atoms with van der Waals surface area (Å²) >= 11 is 3.67. The highest BCUT2D eigenvalue weighted by Gasteiger charge is 2.18. The first-order chi connectivity index (χ1) is 18.3. The van der Waals surface area contributed by atoms with Crippen LogP contribution in [0.15, 0.2) is 132 Å². The summed E-state index contributed by atoms with van der Waals surface area (Å²) in [4.78, 5) is 1.48. The number of aromatic nitrogens is 1. The lowest BCUT2D eigenvalue weighted by atomic mass is 10.1. The molecule has 37 heavy (non-hydrogen) atoms. The molecule has 0 saturated carbocycles. The molecule has 4 aromatic carbocycles. The highest BCUT2D eigenvalue weighted by molar-refractivity contribution is 7.18. The van der Waals surface area contributed by atoms with E-state index in [-0.39, 0.29) is 0 Å². The van der Waals surface area contributed by atoms with Gasteiger partial charge in [0.1, 0.15) is 0 Å². The number of para-hydroxylation sites is 2. The standard InChI is InChI=1S/C16H11NS.C11H8S.C7H8/c1-2-6-12(7-3-1)17-14-9-5-4-8-13(14)16-15(17)10-11-18-16;1-2-4-10-8(3-1)7-9-5-6-12-11(9)10;1-7-5-3-2-4-6-7/h1-11H;1-6H,7H2;2-6H,1H3. The molecule has 0 spiro atoms. The monoisotopic (exact) mass is 513 g/mol. The van der Waals surface area contributed by atoms with Crippen LogP contribution in [0.25, 0.3) is 37.2 Å². The average molecular weight is 514 g/mol. The fraction of sp³-hybridized carbons (Fsp3) is 0.0588. The molecule has 3 aromatic heterocycles. The Bertz CT molecular complexity index is 1750. The Morgan fingerprint density at radius 3 is 2.03 bits per heavy atom. The normalized spacial score (nSPS) is 11.3. The molecular weight excluding hydrogens is 487 g/mol. The smallest absolute Gasteiger partial charge is 0.0648 e. The Balaban J connectivity index is 0.000000114. The van der Waals surface area contributed by atoms with Crippen molar-refractivity contribution >= 4 is 43.8 Å². The van der Waals surface area contributed by atoms with Crippen LogP contribution < -0.4 is 0 Å². The summed E-state index contributed by atoms with van der Waals surface area (Å²) in [7, 11) is 0. The highest BCUT2D eigenvalue weighted by atomic mass is 32.1. The lowest BCUT2D eigenvalue weighted by Crippen LogP contribution is -1.91. The zero-order valence-electron chi connectivity index (χ0n) is 20.7. The molecule has 1 aliphatic carbocycles. The molecule has 0 fully saturated rings. The molecule has 1 aliphatic rings. The Morgan fingerprint density at radius 2 is 1.24 bits per heavy atom. The van der Waals surface area contributed by atoms with Crippen LogP contribution in [0.2, 0.25) is 0 Å². The van der Waals surface area contributed by atoms with Crippen molar-refractivity contribution in [3.05, 3.63) is 149 Å². The lowest BCUT2D eigenvalue weighted by molar-refractivity contribution is 1.18. The first-order valence-electron chi connectivity index (χ1n) is 12.5. The van der Waals surface area contributed by atoms with Crippen LogP contribution in [-0.2, 0) is 6.42 Å². The van der Waals surface area contributed by atoms with Crippen LogP contribution in [0.5, 0.6) is 0 Å². The second-order valence-corrected chi connectivity index (χ2v) is 10.9. The molecule has 0 aliphatic heterocycles. The topological polar surface area (TPSA) is 4.93 Å². The average Bonchev–Trinajstić information content (AvgIpc) is 3.72. The molecule has 3 heterocycles. The Kier molecular flexibility index (Phi) is 6.72. The lowest BCUT2D eigenvalue weighted by Gasteiger charge is -2.05. The van der Waals surface area contributed by atoms with Gasteiger partial charge in [-0.15, -0.1) is 22.7 Å². The first-order valence-corrected chi connectivity index (χ1v) is 14.2. The number of rotatable bonds is 1. The van der Waals surface area contributed by atoms with Crippen molar-refractivity contribution in [1.29, 1.82) is 0 Å². The summed E-state index contributed by atoms with van der Waals surface area (Å²) in [5.74, 6) is 0. The van der Waals surface area contributed by atoms with E-state index in [0.717, 1.165) is 6.42 Å². The van der Waals surface area contributed by atoms with Crippen molar-refractivity contribution in [2.45, 2.75) is 13.3 Å². The van der Waals surface area contributed by atoms with Crippen LogP contribution in [0.3, 0.4) is 0 Å². The maximum atomic E-state index is 2.33. The quantitative estimate of drug-likeness (QED) is 0.206. The highest BCUT2D eigenvalue weighted by Crippen LogP contribution is 2.40. The summed E-state index contributed by atoms with van der Waals surface area (Å²) in [6.45, 7) is 2.08. The van der Waals surface area contributed by atoms with E-state index in [1.807, 2.05) is 40.9 Å². The molecule has 0 atom stereocenters. The van der Waals surface area contributed by atoms with Crippen LogP contribution in [0.1, 0.15) is 16.7 Å². The van der Waals surface area contributed by atoms with E-state index >= 15 is 0 Å². The number of benzene rings is 4. The number of aryl methyl sites for hydroxylation is 1. The maximum Gasteiger partial charge on any atom is 0.0648 e. The van der Waals surface area contributed by atoms with Gasteiger partial charge in [0.2, 0.25) is 0 Å². The van der Waals surface area contributed by atoms with Crippen LogP contribution >= 0.6 is 22.7 Å². The first kappa shape index (κ1) is 23.5. The molecule has 0 N–H and O–H groups in total. The van der Waals surface area contributed by atoms with E-state index in [4.69, 9.17) is 0 Å². The van der Waals surface area contributed by atoms with Crippen LogP contribution in [0.4, 0.5) is 0 Å². The summed E-state index contributed by atoms with van der Waals surface area (Å²) in [6.07, 6.45) is 1.13. The van der Waals surface area contributed by atoms with E-state index in [1.54, 1.807) is 0 Å². The van der Waals surface area contributed by atoms with Gasteiger partial charge >= 0.3 is 0 Å². The van der Waals surface area contributed by atoms with Gasteiger partial charge in [0, 0.05) is 16.0 Å². The van der Waals surface area contributed by atoms with Gasteiger partial charge in [0.15, 0.2) is 0 Å². The molecule has 3 heteroatoms. The Hall–Kier alpha value is -3.92. The predicted molar refractivity (Wildman–Crippen MR) is 162 cm³/mol. The molecule has 8 rings (SSSR count). The fourth-order valence-electron chi connectivity index (χ4n) is 4.87. The van der Waals surface area contributed by atoms with Crippen molar-refractivity contribution in [1.82, 2.24) is 4.57 Å². The molecule has 7 aromatic rings. The minimum atomic E-state index is 1.13. The summed E-state index contributed by atoms with van der Waals surface area (Å²) in [5.41, 5.74) is 9.56. The van der Waals surface area contributed by atoms with E-state index in [1.165, 1.54) is 53.9 Å². The van der Waals surface area contributed by atoms with Crippen LogP contribution in [0, 0.1) is 6.92 Å². The zero-order chi connectivity index (χ0) is 25.0. The number of nitrogens with zero attached hydrogens (tertiary/aromatic N) is 1. The molecular formula is C34H27NS2. The van der Waals surface area contributed by atoms with Crippen molar-refractivity contribution in [2.75, 3.05) is 0 Å². The Morgan fingerprint density at radius 1 is 0.568 bits per heavy atom.